The quantitative estimate of drug-likeness (QED) is 0.692. The number of carbonyl (C=O) groups excluding carboxylic acids is 1. The lowest BCUT2D eigenvalue weighted by Crippen LogP contribution is -2.37. The second-order valence-electron chi connectivity index (χ2n) is 6.85. The van der Waals surface area contributed by atoms with E-state index in [-0.39, 0.29) is 30.2 Å². The van der Waals surface area contributed by atoms with Gasteiger partial charge in [-0.05, 0) is 43.9 Å². The molecule has 7 heteroatoms. The van der Waals surface area contributed by atoms with Gasteiger partial charge in [-0.15, -0.1) is 11.3 Å². The first-order chi connectivity index (χ1) is 13.0. The van der Waals surface area contributed by atoms with Gasteiger partial charge in [-0.25, -0.2) is 9.37 Å². The zero-order valence-corrected chi connectivity index (χ0v) is 16.1. The van der Waals surface area contributed by atoms with E-state index in [9.17, 15) is 14.0 Å². The van der Waals surface area contributed by atoms with Crippen LogP contribution >= 0.6 is 11.3 Å². The fourth-order valence-corrected chi connectivity index (χ4v) is 4.62. The molecule has 0 saturated carbocycles. The number of aromatic nitrogens is 2. The van der Waals surface area contributed by atoms with E-state index in [0.29, 0.717) is 17.6 Å². The van der Waals surface area contributed by atoms with Crippen LogP contribution in [0.5, 0.6) is 0 Å². The number of thiophene rings is 1. The van der Waals surface area contributed by atoms with E-state index in [1.54, 1.807) is 6.07 Å². The van der Waals surface area contributed by atoms with Gasteiger partial charge < -0.3 is 4.90 Å². The van der Waals surface area contributed by atoms with Gasteiger partial charge in [-0.1, -0.05) is 12.1 Å². The van der Waals surface area contributed by atoms with Crippen LogP contribution in [-0.2, 0) is 17.8 Å². The molecule has 1 aliphatic rings. The Balaban J connectivity index is 1.58. The first-order valence-corrected chi connectivity index (χ1v) is 9.82. The number of anilines is 1. The molecule has 3 heterocycles. The summed E-state index contributed by atoms with van der Waals surface area (Å²) in [6.07, 6.45) is 3.21. The minimum atomic E-state index is -0.370. The topological polar surface area (TPSA) is 55.2 Å². The van der Waals surface area contributed by atoms with Gasteiger partial charge in [0.05, 0.1) is 17.4 Å². The van der Waals surface area contributed by atoms with Gasteiger partial charge in [0.1, 0.15) is 10.6 Å². The minimum absolute atomic E-state index is 0.125. The molecule has 0 atom stereocenters. The van der Waals surface area contributed by atoms with Crippen LogP contribution in [-0.4, -0.2) is 22.0 Å². The summed E-state index contributed by atoms with van der Waals surface area (Å²) in [6, 6.07) is 4.92. The monoisotopic (exact) mass is 385 g/mol. The standard InChI is InChI=1S/C20H20FN3O2S/c1-12-13(2)27-19-17(12)20(26)23(11-22-19)10-8-16(25)24-9-4-6-14-5-3-7-15(21)18(14)24/h3,5,7,11H,4,6,8-10H2,1-2H3. The van der Waals surface area contributed by atoms with Crippen molar-refractivity contribution in [2.75, 3.05) is 11.4 Å². The number of aryl methyl sites for hydroxylation is 4. The Morgan fingerprint density at radius 2 is 2.15 bits per heavy atom. The minimum Gasteiger partial charge on any atom is -0.309 e. The van der Waals surface area contributed by atoms with Crippen molar-refractivity contribution in [3.8, 4) is 0 Å². The summed E-state index contributed by atoms with van der Waals surface area (Å²) in [5, 5.41) is 0.627. The number of nitrogens with zero attached hydrogens (tertiary/aromatic N) is 3. The molecule has 0 bridgehead atoms. The highest BCUT2D eigenvalue weighted by Gasteiger charge is 2.25. The Bertz CT molecular complexity index is 1100. The molecule has 3 aromatic rings. The van der Waals surface area contributed by atoms with E-state index in [0.717, 1.165) is 33.7 Å². The van der Waals surface area contributed by atoms with E-state index < -0.39 is 0 Å². The van der Waals surface area contributed by atoms with Gasteiger partial charge in [0.25, 0.3) is 5.56 Å². The molecule has 0 N–H and O–H groups in total. The maximum atomic E-state index is 14.3. The lowest BCUT2D eigenvalue weighted by atomic mass is 10.0. The van der Waals surface area contributed by atoms with Crippen molar-refractivity contribution < 1.29 is 9.18 Å². The normalized spacial score (nSPS) is 13.8. The van der Waals surface area contributed by atoms with Gasteiger partial charge in [-0.2, -0.15) is 0 Å². The van der Waals surface area contributed by atoms with Crippen LogP contribution in [0.25, 0.3) is 10.2 Å². The number of hydrogen-bond acceptors (Lipinski definition) is 4. The van der Waals surface area contributed by atoms with Crippen molar-refractivity contribution in [3.63, 3.8) is 0 Å². The molecule has 0 fully saturated rings. The number of rotatable bonds is 3. The Kier molecular flexibility index (Phi) is 4.55. The number of benzene rings is 1. The van der Waals surface area contributed by atoms with E-state index in [2.05, 4.69) is 4.98 Å². The number of carbonyl (C=O) groups is 1. The van der Waals surface area contributed by atoms with Crippen LogP contribution < -0.4 is 10.5 Å². The highest BCUT2D eigenvalue weighted by atomic mass is 32.1. The number of halogens is 1. The molecule has 5 nitrogen and oxygen atoms in total. The summed E-state index contributed by atoms with van der Waals surface area (Å²) in [4.78, 5) is 33.2. The summed E-state index contributed by atoms with van der Waals surface area (Å²) >= 11 is 1.50. The van der Waals surface area contributed by atoms with Crippen LogP contribution in [0.4, 0.5) is 10.1 Å². The molecule has 1 aliphatic heterocycles. The average Bonchev–Trinajstić information content (AvgIpc) is 2.95. The van der Waals surface area contributed by atoms with Gasteiger partial charge in [0.2, 0.25) is 5.91 Å². The summed E-state index contributed by atoms with van der Waals surface area (Å²) in [7, 11) is 0. The van der Waals surface area contributed by atoms with Crippen LogP contribution in [0.1, 0.15) is 28.8 Å². The van der Waals surface area contributed by atoms with Crippen molar-refractivity contribution >= 4 is 33.1 Å². The lowest BCUT2D eigenvalue weighted by molar-refractivity contribution is -0.119. The third-order valence-corrected chi connectivity index (χ3v) is 6.31. The van der Waals surface area contributed by atoms with Gasteiger partial charge in [0, 0.05) is 24.4 Å². The lowest BCUT2D eigenvalue weighted by Gasteiger charge is -2.30. The van der Waals surface area contributed by atoms with Crippen molar-refractivity contribution in [2.24, 2.45) is 0 Å². The molecule has 1 amide bonds. The van der Waals surface area contributed by atoms with Crippen LogP contribution in [0, 0.1) is 19.7 Å². The Morgan fingerprint density at radius 3 is 2.96 bits per heavy atom. The number of fused-ring (bicyclic) bond motifs is 2. The van der Waals surface area contributed by atoms with Crippen molar-refractivity contribution in [2.45, 2.75) is 39.7 Å². The fourth-order valence-electron chi connectivity index (χ4n) is 3.63. The highest BCUT2D eigenvalue weighted by molar-refractivity contribution is 7.18. The van der Waals surface area contributed by atoms with Crippen LogP contribution in [0.3, 0.4) is 0 Å². The van der Waals surface area contributed by atoms with E-state index in [1.807, 2.05) is 19.9 Å². The number of hydrogen-bond donors (Lipinski definition) is 0. The zero-order valence-electron chi connectivity index (χ0n) is 15.3. The van der Waals surface area contributed by atoms with Crippen LogP contribution in [0.15, 0.2) is 29.3 Å². The SMILES string of the molecule is Cc1sc2ncn(CCC(=O)N3CCCc4cccc(F)c43)c(=O)c2c1C. The van der Waals surface area contributed by atoms with Crippen molar-refractivity contribution in [1.29, 1.82) is 0 Å². The molecule has 4 rings (SSSR count). The van der Waals surface area contributed by atoms with Crippen LogP contribution in [0.2, 0.25) is 0 Å². The Hall–Kier alpha value is -2.54. The van der Waals surface area contributed by atoms with Crippen molar-refractivity contribution in [1.82, 2.24) is 9.55 Å². The molecule has 0 saturated heterocycles. The predicted molar refractivity (Wildman–Crippen MR) is 105 cm³/mol. The molecule has 140 valence electrons. The van der Waals surface area contributed by atoms with Gasteiger partial charge in [0.15, 0.2) is 0 Å². The smallest absolute Gasteiger partial charge is 0.262 e. The largest absolute Gasteiger partial charge is 0.309 e. The zero-order chi connectivity index (χ0) is 19.1. The summed E-state index contributed by atoms with van der Waals surface area (Å²) in [5.74, 6) is -0.545. The maximum Gasteiger partial charge on any atom is 0.262 e. The summed E-state index contributed by atoms with van der Waals surface area (Å²) < 4.78 is 15.8. The maximum absolute atomic E-state index is 14.3. The first-order valence-electron chi connectivity index (χ1n) is 9.00. The van der Waals surface area contributed by atoms with E-state index >= 15 is 0 Å². The molecule has 1 aromatic carbocycles. The van der Waals surface area contributed by atoms with E-state index in [1.165, 1.54) is 33.2 Å². The molecular weight excluding hydrogens is 365 g/mol. The average molecular weight is 385 g/mol. The molecule has 0 unspecified atom stereocenters. The molecule has 2 aromatic heterocycles. The Labute approximate surface area is 160 Å². The summed E-state index contributed by atoms with van der Waals surface area (Å²) in [5.41, 5.74) is 2.07. The van der Waals surface area contributed by atoms with Gasteiger partial charge in [-0.3, -0.25) is 14.2 Å². The second-order valence-corrected chi connectivity index (χ2v) is 8.06. The number of para-hydroxylation sites is 1. The molecule has 27 heavy (non-hydrogen) atoms. The first kappa shape index (κ1) is 17.9. The molecule has 0 spiro atoms. The molecule has 0 radical (unpaired) electrons. The Morgan fingerprint density at radius 1 is 1.33 bits per heavy atom. The third kappa shape index (κ3) is 3.06. The number of amides is 1. The second kappa shape index (κ2) is 6.88. The molecule has 0 aliphatic carbocycles. The fraction of sp³-hybridized carbons (Fsp3) is 0.350. The van der Waals surface area contributed by atoms with Crippen molar-refractivity contribution in [3.05, 3.63) is 56.7 Å². The third-order valence-electron chi connectivity index (χ3n) is 5.19. The highest BCUT2D eigenvalue weighted by Crippen LogP contribution is 2.30. The summed E-state index contributed by atoms with van der Waals surface area (Å²) in [6.45, 7) is 4.62. The predicted octanol–water partition coefficient (Wildman–Crippen LogP) is 3.58. The van der Waals surface area contributed by atoms with Gasteiger partial charge >= 0.3 is 0 Å². The van der Waals surface area contributed by atoms with E-state index in [4.69, 9.17) is 0 Å². The molecular formula is C20H20FN3O2S.